The van der Waals surface area contributed by atoms with E-state index in [9.17, 15) is 0 Å². The Bertz CT molecular complexity index is 1280. The average molecular weight is 375 g/mol. The Morgan fingerprint density at radius 3 is 2.67 bits per heavy atom. The number of hydrogen-bond donors (Lipinski definition) is 0. The van der Waals surface area contributed by atoms with Crippen LogP contribution in [0.4, 0.5) is 0 Å². The quantitative estimate of drug-likeness (QED) is 0.468. The summed E-state index contributed by atoms with van der Waals surface area (Å²) in [7, 11) is 1.68. The molecule has 5 rings (SSSR count). The lowest BCUT2D eigenvalue weighted by Crippen LogP contribution is -2.01. The molecule has 0 amide bonds. The normalized spacial score (nSPS) is 11.5. The Morgan fingerprint density at radius 2 is 1.89 bits per heavy atom. The van der Waals surface area contributed by atoms with E-state index in [-0.39, 0.29) is 0 Å². The highest BCUT2D eigenvalue weighted by Gasteiger charge is 2.20. The van der Waals surface area contributed by atoms with Crippen LogP contribution < -0.4 is 4.74 Å². The van der Waals surface area contributed by atoms with Crippen LogP contribution in [0.2, 0.25) is 0 Å². The number of methoxy groups -OCH3 is 1. The molecule has 7 heteroatoms. The summed E-state index contributed by atoms with van der Waals surface area (Å²) < 4.78 is 9.46. The van der Waals surface area contributed by atoms with Gasteiger partial charge in [-0.2, -0.15) is 0 Å². The number of benzene rings is 1. The number of ether oxygens (including phenoxy) is 1. The summed E-state index contributed by atoms with van der Waals surface area (Å²) in [5.41, 5.74) is 4.88. The van der Waals surface area contributed by atoms with Gasteiger partial charge in [0.15, 0.2) is 17.1 Å². The third-order valence-corrected chi connectivity index (χ3v) is 5.77. The van der Waals surface area contributed by atoms with Crippen LogP contribution in [0.5, 0.6) is 5.75 Å². The lowest BCUT2D eigenvalue weighted by Gasteiger charge is -2.12. The minimum atomic E-state index is 0.724. The summed E-state index contributed by atoms with van der Waals surface area (Å²) in [6.45, 7) is 4.20. The van der Waals surface area contributed by atoms with Crippen molar-refractivity contribution in [2.75, 3.05) is 7.11 Å². The molecular weight excluding hydrogens is 358 g/mol. The molecule has 0 bridgehead atoms. The largest absolute Gasteiger partial charge is 0.495 e. The Kier molecular flexibility index (Phi) is 3.51. The van der Waals surface area contributed by atoms with Crippen molar-refractivity contribution in [1.82, 2.24) is 24.1 Å². The third-order valence-electron chi connectivity index (χ3n) is 4.90. The van der Waals surface area contributed by atoms with Crippen LogP contribution in [-0.4, -0.2) is 31.3 Å². The lowest BCUT2D eigenvalue weighted by molar-refractivity contribution is 0.413. The molecule has 0 aliphatic carbocycles. The molecule has 4 heterocycles. The van der Waals surface area contributed by atoms with Crippen LogP contribution >= 0.6 is 11.3 Å². The molecule has 0 aliphatic rings. The van der Waals surface area contributed by atoms with Crippen LogP contribution in [-0.2, 0) is 0 Å². The summed E-state index contributed by atoms with van der Waals surface area (Å²) in [6, 6.07) is 12.0. The van der Waals surface area contributed by atoms with Gasteiger partial charge in [0, 0.05) is 5.69 Å². The standard InChI is InChI=1S/C20H17N5OS/c1-12-13(2)25(14-7-4-5-8-15(14)26-3)19-17(12)20-22-18(16-9-6-10-27-16)23-24(20)11-21-19/h4-11H,1-3H3. The molecule has 0 fully saturated rings. The van der Waals surface area contributed by atoms with E-state index >= 15 is 0 Å². The van der Waals surface area contributed by atoms with Gasteiger partial charge in [0.05, 0.1) is 23.1 Å². The van der Waals surface area contributed by atoms with Crippen LogP contribution in [0.25, 0.3) is 33.1 Å². The second-order valence-electron chi connectivity index (χ2n) is 6.34. The maximum atomic E-state index is 5.57. The van der Waals surface area contributed by atoms with E-state index in [1.54, 1.807) is 29.3 Å². The molecule has 4 aromatic heterocycles. The molecular formula is C20H17N5OS. The molecule has 0 saturated carbocycles. The van der Waals surface area contributed by atoms with Gasteiger partial charge in [-0.25, -0.2) is 14.5 Å². The predicted molar refractivity (Wildman–Crippen MR) is 107 cm³/mol. The molecule has 0 radical (unpaired) electrons. The first kappa shape index (κ1) is 16.0. The molecule has 27 heavy (non-hydrogen) atoms. The minimum absolute atomic E-state index is 0.724. The molecule has 0 unspecified atom stereocenters. The summed E-state index contributed by atoms with van der Waals surface area (Å²) in [5.74, 6) is 1.53. The fourth-order valence-corrected chi connectivity index (χ4v) is 4.13. The van der Waals surface area contributed by atoms with E-state index in [4.69, 9.17) is 14.7 Å². The van der Waals surface area contributed by atoms with E-state index < -0.39 is 0 Å². The van der Waals surface area contributed by atoms with Gasteiger partial charge in [0.2, 0.25) is 0 Å². The van der Waals surface area contributed by atoms with Crippen molar-refractivity contribution < 1.29 is 4.74 Å². The first-order valence-electron chi connectivity index (χ1n) is 8.59. The molecule has 0 atom stereocenters. The van der Waals surface area contributed by atoms with Crippen molar-refractivity contribution >= 4 is 28.0 Å². The number of para-hydroxylation sites is 2. The van der Waals surface area contributed by atoms with Crippen molar-refractivity contribution in [2.45, 2.75) is 13.8 Å². The van der Waals surface area contributed by atoms with Crippen LogP contribution in [0.15, 0.2) is 48.1 Å². The molecule has 134 valence electrons. The highest BCUT2D eigenvalue weighted by atomic mass is 32.1. The summed E-state index contributed by atoms with van der Waals surface area (Å²) in [6.07, 6.45) is 1.73. The lowest BCUT2D eigenvalue weighted by atomic mass is 10.2. The van der Waals surface area contributed by atoms with Crippen molar-refractivity contribution in [1.29, 1.82) is 0 Å². The number of fused-ring (bicyclic) bond motifs is 3. The second-order valence-corrected chi connectivity index (χ2v) is 7.29. The first-order valence-corrected chi connectivity index (χ1v) is 9.47. The highest BCUT2D eigenvalue weighted by molar-refractivity contribution is 7.13. The molecule has 1 aromatic carbocycles. The zero-order chi connectivity index (χ0) is 18.5. The number of thiophene rings is 1. The smallest absolute Gasteiger partial charge is 0.192 e. The van der Waals surface area contributed by atoms with Crippen molar-refractivity contribution in [2.24, 2.45) is 0 Å². The van der Waals surface area contributed by atoms with Crippen LogP contribution in [0.1, 0.15) is 11.3 Å². The van der Waals surface area contributed by atoms with Crippen LogP contribution in [0.3, 0.4) is 0 Å². The van der Waals surface area contributed by atoms with Gasteiger partial charge < -0.3 is 4.74 Å². The van der Waals surface area contributed by atoms with E-state index in [2.05, 4.69) is 23.5 Å². The van der Waals surface area contributed by atoms with Gasteiger partial charge in [0.25, 0.3) is 0 Å². The average Bonchev–Trinajstić information content (AvgIpc) is 3.41. The number of hydrogen-bond acceptors (Lipinski definition) is 5. The van der Waals surface area contributed by atoms with Crippen molar-refractivity contribution in [3.63, 3.8) is 0 Å². The fourth-order valence-electron chi connectivity index (χ4n) is 3.48. The first-order chi connectivity index (χ1) is 13.2. The Morgan fingerprint density at radius 1 is 1.04 bits per heavy atom. The molecule has 0 saturated heterocycles. The van der Waals surface area contributed by atoms with Crippen LogP contribution in [0, 0.1) is 13.8 Å². The van der Waals surface area contributed by atoms with E-state index in [1.807, 2.05) is 41.8 Å². The van der Waals surface area contributed by atoms with E-state index in [0.29, 0.717) is 0 Å². The van der Waals surface area contributed by atoms with Gasteiger partial charge in [-0.3, -0.25) is 4.57 Å². The van der Waals surface area contributed by atoms with Crippen molar-refractivity contribution in [3.8, 4) is 22.1 Å². The Balaban J connectivity index is 1.84. The molecule has 0 aliphatic heterocycles. The fraction of sp³-hybridized carbons (Fsp3) is 0.150. The minimum Gasteiger partial charge on any atom is -0.495 e. The number of aryl methyl sites for hydroxylation is 1. The number of rotatable bonds is 3. The van der Waals surface area contributed by atoms with Gasteiger partial charge >= 0.3 is 0 Å². The summed E-state index contributed by atoms with van der Waals surface area (Å²) >= 11 is 1.63. The Hall–Kier alpha value is -3.19. The molecule has 0 N–H and O–H groups in total. The molecule has 6 nitrogen and oxygen atoms in total. The topological polar surface area (TPSA) is 57.2 Å². The molecule has 5 aromatic rings. The van der Waals surface area contributed by atoms with Gasteiger partial charge in [-0.05, 0) is 43.0 Å². The van der Waals surface area contributed by atoms with E-state index in [0.717, 1.165) is 50.1 Å². The summed E-state index contributed by atoms with van der Waals surface area (Å²) in [5, 5.41) is 7.65. The second kappa shape index (κ2) is 5.92. The Labute approximate surface area is 159 Å². The highest BCUT2D eigenvalue weighted by Crippen LogP contribution is 2.34. The maximum absolute atomic E-state index is 5.57. The van der Waals surface area contributed by atoms with Gasteiger partial charge in [-0.1, -0.05) is 18.2 Å². The predicted octanol–water partition coefficient (Wildman–Crippen LogP) is 4.42. The van der Waals surface area contributed by atoms with Crippen molar-refractivity contribution in [3.05, 3.63) is 59.4 Å². The summed E-state index contributed by atoms with van der Waals surface area (Å²) in [4.78, 5) is 10.6. The monoisotopic (exact) mass is 375 g/mol. The van der Waals surface area contributed by atoms with Gasteiger partial charge in [0.1, 0.15) is 12.1 Å². The number of aromatic nitrogens is 5. The SMILES string of the molecule is COc1ccccc1-n1c(C)c(C)c2c1ncn1nc(-c3cccs3)nc21. The molecule has 0 spiro atoms. The zero-order valence-electron chi connectivity index (χ0n) is 15.2. The third kappa shape index (κ3) is 2.28. The maximum Gasteiger partial charge on any atom is 0.192 e. The van der Waals surface area contributed by atoms with E-state index in [1.165, 1.54) is 0 Å². The number of nitrogens with zero attached hydrogens (tertiary/aromatic N) is 5. The zero-order valence-corrected chi connectivity index (χ0v) is 16.0. The van der Waals surface area contributed by atoms with Gasteiger partial charge in [-0.15, -0.1) is 16.4 Å².